The van der Waals surface area contributed by atoms with Gasteiger partial charge in [0.25, 0.3) is 5.91 Å². The van der Waals surface area contributed by atoms with Gasteiger partial charge < -0.3 is 14.2 Å². The van der Waals surface area contributed by atoms with Crippen molar-refractivity contribution < 1.29 is 14.1 Å². The van der Waals surface area contributed by atoms with Crippen LogP contribution in [-0.2, 0) is 17.9 Å². The molecule has 1 aliphatic carbocycles. The van der Waals surface area contributed by atoms with E-state index in [-0.39, 0.29) is 5.91 Å². The summed E-state index contributed by atoms with van der Waals surface area (Å²) in [7, 11) is 1.65. The van der Waals surface area contributed by atoms with Crippen LogP contribution in [0, 0.1) is 0 Å². The number of ether oxygens (including phenoxy) is 1. The Morgan fingerprint density at radius 2 is 2.07 bits per heavy atom. The maximum atomic E-state index is 13.0. The zero-order chi connectivity index (χ0) is 18.6. The molecule has 1 aromatic carbocycles. The molecule has 144 valence electrons. The highest BCUT2D eigenvalue weighted by atomic mass is 16.5. The van der Waals surface area contributed by atoms with Crippen LogP contribution in [-0.4, -0.2) is 59.1 Å². The number of carbonyl (C=O) groups is 1. The zero-order valence-corrected chi connectivity index (χ0v) is 15.8. The zero-order valence-electron chi connectivity index (χ0n) is 15.8. The van der Waals surface area contributed by atoms with E-state index in [2.05, 4.69) is 15.0 Å². The summed E-state index contributed by atoms with van der Waals surface area (Å²) in [5.74, 6) is 2.10. The smallest absolute Gasteiger partial charge is 0.254 e. The molecular weight excluding hydrogens is 344 g/mol. The second kappa shape index (κ2) is 8.19. The average Bonchev–Trinajstić information content (AvgIpc) is 3.47. The molecule has 1 aromatic heterocycles. The number of hydrogen-bond donors (Lipinski definition) is 0. The van der Waals surface area contributed by atoms with Crippen molar-refractivity contribution in [3.63, 3.8) is 0 Å². The second-order valence-corrected chi connectivity index (χ2v) is 7.34. The number of methoxy groups -OCH3 is 1. The highest BCUT2D eigenvalue weighted by Crippen LogP contribution is 2.38. The van der Waals surface area contributed by atoms with Gasteiger partial charge in [0.15, 0.2) is 5.82 Å². The van der Waals surface area contributed by atoms with Crippen LogP contribution in [0.4, 0.5) is 0 Å². The molecule has 2 fully saturated rings. The minimum absolute atomic E-state index is 0.0834. The van der Waals surface area contributed by atoms with E-state index in [0.29, 0.717) is 25.6 Å². The number of benzene rings is 1. The molecule has 7 nitrogen and oxygen atoms in total. The fourth-order valence-corrected chi connectivity index (χ4v) is 3.54. The fraction of sp³-hybridized carbons (Fsp3) is 0.550. The fourth-order valence-electron chi connectivity index (χ4n) is 3.54. The summed E-state index contributed by atoms with van der Waals surface area (Å²) in [6.07, 6.45) is 3.26. The van der Waals surface area contributed by atoms with Crippen LogP contribution in [0.5, 0.6) is 0 Å². The van der Waals surface area contributed by atoms with E-state index in [1.54, 1.807) is 7.11 Å². The Bertz CT molecular complexity index is 787. The predicted molar refractivity (Wildman–Crippen MR) is 99.2 cm³/mol. The van der Waals surface area contributed by atoms with Crippen molar-refractivity contribution in [3.8, 4) is 0 Å². The summed E-state index contributed by atoms with van der Waals surface area (Å²) < 4.78 is 10.6. The van der Waals surface area contributed by atoms with Gasteiger partial charge in [0.2, 0.25) is 5.89 Å². The quantitative estimate of drug-likeness (QED) is 0.778. The molecular formula is C20H26N4O3. The van der Waals surface area contributed by atoms with Gasteiger partial charge >= 0.3 is 0 Å². The monoisotopic (exact) mass is 370 g/mol. The summed E-state index contributed by atoms with van der Waals surface area (Å²) in [5, 5.41) is 4.11. The largest absolute Gasteiger partial charge is 0.380 e. The van der Waals surface area contributed by atoms with Crippen LogP contribution < -0.4 is 0 Å². The molecule has 7 heteroatoms. The van der Waals surface area contributed by atoms with Gasteiger partial charge in [-0.05, 0) is 30.9 Å². The third-order valence-electron chi connectivity index (χ3n) is 5.20. The molecule has 4 rings (SSSR count). The number of amides is 1. The first-order valence-corrected chi connectivity index (χ1v) is 9.65. The van der Waals surface area contributed by atoms with Crippen molar-refractivity contribution in [3.05, 3.63) is 47.1 Å². The Labute approximate surface area is 159 Å². The molecule has 0 bridgehead atoms. The minimum atomic E-state index is 0.0834. The summed E-state index contributed by atoms with van der Waals surface area (Å²) in [6.45, 7) is 4.33. The molecule has 2 heterocycles. The van der Waals surface area contributed by atoms with Crippen molar-refractivity contribution in [1.82, 2.24) is 19.9 Å². The SMILES string of the molecule is COCc1ccccc1C(=O)N1CCCN(Cc2noc(C3CC3)n2)CC1. The molecule has 0 spiro atoms. The van der Waals surface area contributed by atoms with Crippen molar-refractivity contribution in [2.24, 2.45) is 0 Å². The van der Waals surface area contributed by atoms with Gasteiger partial charge in [-0.1, -0.05) is 23.4 Å². The first-order chi connectivity index (χ1) is 13.2. The van der Waals surface area contributed by atoms with Gasteiger partial charge in [0.1, 0.15) is 0 Å². The van der Waals surface area contributed by atoms with E-state index in [0.717, 1.165) is 61.7 Å². The Balaban J connectivity index is 1.37. The Kier molecular flexibility index (Phi) is 5.50. The van der Waals surface area contributed by atoms with Gasteiger partial charge in [0.05, 0.1) is 13.2 Å². The Morgan fingerprint density at radius 3 is 2.89 bits per heavy atom. The molecule has 2 aliphatic rings. The number of aromatic nitrogens is 2. The third-order valence-corrected chi connectivity index (χ3v) is 5.20. The molecule has 0 atom stereocenters. The van der Waals surface area contributed by atoms with E-state index < -0.39 is 0 Å². The normalized spacial score (nSPS) is 18.5. The van der Waals surface area contributed by atoms with Crippen LogP contribution >= 0.6 is 0 Å². The lowest BCUT2D eigenvalue weighted by Gasteiger charge is -2.22. The van der Waals surface area contributed by atoms with E-state index in [4.69, 9.17) is 9.26 Å². The van der Waals surface area contributed by atoms with E-state index in [1.165, 1.54) is 0 Å². The van der Waals surface area contributed by atoms with Gasteiger partial charge in [0, 0.05) is 44.8 Å². The van der Waals surface area contributed by atoms with E-state index >= 15 is 0 Å². The van der Waals surface area contributed by atoms with Crippen molar-refractivity contribution in [2.45, 2.75) is 38.3 Å². The summed E-state index contributed by atoms with van der Waals surface area (Å²) >= 11 is 0. The summed E-state index contributed by atoms with van der Waals surface area (Å²) in [6, 6.07) is 7.69. The van der Waals surface area contributed by atoms with Crippen molar-refractivity contribution in [1.29, 1.82) is 0 Å². The lowest BCUT2D eigenvalue weighted by molar-refractivity contribution is 0.0756. The summed E-state index contributed by atoms with van der Waals surface area (Å²) in [5.41, 5.74) is 1.67. The molecule has 27 heavy (non-hydrogen) atoms. The molecule has 2 aromatic rings. The highest BCUT2D eigenvalue weighted by Gasteiger charge is 2.30. The van der Waals surface area contributed by atoms with Gasteiger partial charge in [-0.2, -0.15) is 4.98 Å². The number of hydrogen-bond acceptors (Lipinski definition) is 6. The minimum Gasteiger partial charge on any atom is -0.380 e. The van der Waals surface area contributed by atoms with Crippen LogP contribution in [0.15, 0.2) is 28.8 Å². The number of nitrogens with zero attached hydrogens (tertiary/aromatic N) is 4. The first kappa shape index (κ1) is 18.1. The summed E-state index contributed by atoms with van der Waals surface area (Å²) in [4.78, 5) is 21.8. The second-order valence-electron chi connectivity index (χ2n) is 7.34. The van der Waals surface area contributed by atoms with Crippen LogP contribution in [0.1, 0.15) is 52.8 Å². The van der Waals surface area contributed by atoms with Crippen LogP contribution in [0.3, 0.4) is 0 Å². The van der Waals surface area contributed by atoms with Gasteiger partial charge in [-0.3, -0.25) is 9.69 Å². The Morgan fingerprint density at radius 1 is 1.22 bits per heavy atom. The van der Waals surface area contributed by atoms with Crippen LogP contribution in [0.25, 0.3) is 0 Å². The number of carbonyl (C=O) groups excluding carboxylic acids is 1. The lowest BCUT2D eigenvalue weighted by atomic mass is 10.1. The highest BCUT2D eigenvalue weighted by molar-refractivity contribution is 5.95. The van der Waals surface area contributed by atoms with Crippen molar-refractivity contribution in [2.75, 3.05) is 33.3 Å². The first-order valence-electron chi connectivity index (χ1n) is 9.65. The lowest BCUT2D eigenvalue weighted by Crippen LogP contribution is -2.35. The van der Waals surface area contributed by atoms with Crippen molar-refractivity contribution >= 4 is 5.91 Å². The third kappa shape index (κ3) is 4.36. The predicted octanol–water partition coefficient (Wildman–Crippen LogP) is 2.44. The van der Waals surface area contributed by atoms with Crippen LogP contribution in [0.2, 0.25) is 0 Å². The molecule has 0 unspecified atom stereocenters. The molecule has 1 aliphatic heterocycles. The topological polar surface area (TPSA) is 71.7 Å². The molecule has 1 saturated carbocycles. The van der Waals surface area contributed by atoms with E-state index in [1.807, 2.05) is 29.2 Å². The molecule has 0 radical (unpaired) electrons. The maximum absolute atomic E-state index is 13.0. The Hall–Kier alpha value is -2.25. The number of rotatable bonds is 6. The van der Waals surface area contributed by atoms with Gasteiger partial charge in [-0.15, -0.1) is 0 Å². The van der Waals surface area contributed by atoms with Gasteiger partial charge in [-0.25, -0.2) is 0 Å². The maximum Gasteiger partial charge on any atom is 0.254 e. The van der Waals surface area contributed by atoms with E-state index in [9.17, 15) is 4.79 Å². The average molecular weight is 370 g/mol. The molecule has 1 amide bonds. The standard InChI is InChI=1S/C20H26N4O3/c1-26-14-16-5-2-3-6-17(16)20(25)24-10-4-9-23(11-12-24)13-18-21-19(27-22-18)15-7-8-15/h2-3,5-6,15H,4,7-14H2,1H3. The molecule has 1 saturated heterocycles. The molecule has 0 N–H and O–H groups in total.